The second-order valence-corrected chi connectivity index (χ2v) is 47.8. The van der Waals surface area contributed by atoms with E-state index in [9.17, 15) is 46.9 Å². The van der Waals surface area contributed by atoms with Gasteiger partial charge >= 0.3 is 0 Å². The number of benzene rings is 10. The quantitative estimate of drug-likeness (QED) is 0.0863. The molecule has 16 aromatic rings. The number of anilines is 4. The largest absolute Gasteiger partial charge is 0.497 e. The zero-order valence-corrected chi connectivity index (χ0v) is 84.3. The van der Waals surface area contributed by atoms with Gasteiger partial charge in [0.25, 0.3) is 55.7 Å². The first-order valence-corrected chi connectivity index (χ1v) is 52.8. The SMILES string of the molecule is COc1ccc(S(=O)(=O)N2Cc3ccccc3-c3c2cc(Br)n3C)cc1.COc1ccc(S(=O)(=O)N2c3cc(Br)sc3-c3ccccc3C2(C)C)cc1.COc1ccc(S(=O)(=O)N2c3cc(Br)sc3-c3ccccc3[C@@H]2F)cc1.COc1ccc(S(=O)(=O)N2c3cc(Br)sc3-c3ccccc3[C@H]2F)cc1.COc1ccc(S(=O)(=O)n2c(=O)c3ccccc3c3oc(Br)cc32)cc1. The van der Waals surface area contributed by atoms with Gasteiger partial charge in [0.2, 0.25) is 12.6 Å². The molecule has 0 saturated heterocycles. The summed E-state index contributed by atoms with van der Waals surface area (Å²) < 4.78 is 206. The Bertz CT molecular complexity index is 7620. The maximum atomic E-state index is 15.4. The van der Waals surface area contributed by atoms with Crippen molar-refractivity contribution in [3.63, 3.8) is 0 Å². The number of thiophene rings is 3. The summed E-state index contributed by atoms with van der Waals surface area (Å²) in [5.74, 6) is 2.82. The van der Waals surface area contributed by atoms with Crippen molar-refractivity contribution >= 4 is 208 Å². The van der Waals surface area contributed by atoms with Gasteiger partial charge < -0.3 is 32.7 Å². The van der Waals surface area contributed by atoms with Gasteiger partial charge in [-0.1, -0.05) is 115 Å². The first-order valence-electron chi connectivity index (χ1n) is 39.2. The van der Waals surface area contributed by atoms with Gasteiger partial charge in [-0.2, -0.15) is 3.97 Å². The third-order valence-corrected chi connectivity index (χ3v) is 37.1. The minimum Gasteiger partial charge on any atom is -0.497 e. The van der Waals surface area contributed by atoms with Gasteiger partial charge in [-0.05, 0) is 262 Å². The lowest BCUT2D eigenvalue weighted by molar-refractivity contribution is 0.354. The fourth-order valence-corrected chi connectivity index (χ4v) is 29.1. The molecule has 674 valence electrons. The van der Waals surface area contributed by atoms with E-state index in [4.69, 9.17) is 28.1 Å². The second kappa shape index (κ2) is 37.2. The Labute approximate surface area is 808 Å². The van der Waals surface area contributed by atoms with Crippen LogP contribution in [0.1, 0.15) is 48.7 Å². The van der Waals surface area contributed by atoms with E-state index in [-0.39, 0.29) is 35.4 Å². The molecule has 0 saturated carbocycles. The summed E-state index contributed by atoms with van der Waals surface area (Å²) >= 11 is 21.4. The molecule has 38 heteroatoms. The molecule has 0 N–H and O–H groups in total. The molecule has 0 aliphatic carbocycles. The Morgan fingerprint density at radius 1 is 0.397 bits per heavy atom. The number of methoxy groups -OCH3 is 5. The van der Waals surface area contributed by atoms with Gasteiger partial charge in [0.15, 0.2) is 10.3 Å². The minimum atomic E-state index is -4.13. The maximum absolute atomic E-state index is 15.4. The van der Waals surface area contributed by atoms with Gasteiger partial charge in [-0.25, -0.2) is 59.5 Å². The molecule has 20 rings (SSSR count). The molecule has 10 aromatic carbocycles. The average molecular weight is 2240 g/mol. The van der Waals surface area contributed by atoms with Crippen LogP contribution in [0.3, 0.4) is 0 Å². The van der Waals surface area contributed by atoms with Crippen molar-refractivity contribution in [2.24, 2.45) is 7.05 Å². The zero-order chi connectivity index (χ0) is 93.3. The number of hydrogen-bond donors (Lipinski definition) is 0. The van der Waals surface area contributed by atoms with Crippen molar-refractivity contribution in [2.75, 3.05) is 52.8 Å². The summed E-state index contributed by atoms with van der Waals surface area (Å²) in [5.41, 5.74) is 8.28. The number of sulfonamides is 4. The number of furan rings is 1. The van der Waals surface area contributed by atoms with Crippen LogP contribution in [0.2, 0.25) is 0 Å². The number of pyridine rings is 1. The summed E-state index contributed by atoms with van der Waals surface area (Å²) in [7, 11) is -10.3. The monoisotopic (exact) mass is 2230 g/mol. The molecule has 6 aromatic heterocycles. The fourth-order valence-electron chi connectivity index (χ4n) is 15.7. The molecular formula is C93H73Br5F2N6O17S8. The normalized spacial score (nSPS) is 14.5. The Hall–Kier alpha value is -10.5. The summed E-state index contributed by atoms with van der Waals surface area (Å²) in [6, 6.07) is 75.7. The van der Waals surface area contributed by atoms with E-state index in [1.54, 1.807) is 175 Å². The van der Waals surface area contributed by atoms with Crippen molar-refractivity contribution in [3.05, 3.63) is 326 Å². The van der Waals surface area contributed by atoms with Crippen LogP contribution in [0.5, 0.6) is 28.7 Å². The fraction of sp³-hybridized carbons (Fsp3) is 0.129. The Morgan fingerprint density at radius 3 is 1.20 bits per heavy atom. The predicted molar refractivity (Wildman–Crippen MR) is 527 cm³/mol. The molecule has 131 heavy (non-hydrogen) atoms. The molecular weight excluding hydrogens is 2170 g/mol. The minimum absolute atomic E-state index is 0.00797. The second-order valence-electron chi connectivity index (χ2n) is 29.8. The molecule has 0 amide bonds. The van der Waals surface area contributed by atoms with Crippen molar-refractivity contribution in [3.8, 4) is 71.3 Å². The summed E-state index contributed by atoms with van der Waals surface area (Å²) in [6.07, 6.45) is -3.60. The number of nitrogens with zero attached hydrogens (tertiary/aromatic N) is 6. The standard InChI is InChI=1S/C20H18BrNO3S2.C19H17BrN2O3S.2C18H13BrFNO3S2.C18H12BrNO5S/c1-20(2)16-7-5-4-6-15(16)19-17(12-18(21)26-19)22(20)27(23,24)14-10-8-13(25-3)9-11-14;1-21-18(20)11-17-19(21)16-6-4-3-5-13(16)12-22(17)26(23,24)15-9-7-14(25-2)8-10-15;2*1-24-11-6-8-12(9-7-11)26(22,23)21-15-10-16(19)25-17(15)13-4-2-3-5-14(13)18(21)20;1-24-11-6-8-12(9-7-11)26(22,23)20-15-10-16(19)25-17(15)13-4-2-3-5-14(13)18(20)21/h4-12H,1-3H3;3-11H,12H2,1-2H3;2*2-10,18H,1H3;2-10H,1H3/t;;2*18-;/m..10./s1. The van der Waals surface area contributed by atoms with Crippen LogP contribution in [0, 0.1) is 0 Å². The van der Waals surface area contributed by atoms with Crippen LogP contribution in [-0.2, 0) is 69.2 Å². The van der Waals surface area contributed by atoms with E-state index in [1.807, 2.05) is 92.2 Å². The van der Waals surface area contributed by atoms with Crippen molar-refractivity contribution < 1.29 is 79.0 Å². The third kappa shape index (κ3) is 17.3. The number of aromatic nitrogens is 2. The van der Waals surface area contributed by atoms with Gasteiger partial charge in [-0.3, -0.25) is 13.4 Å². The van der Waals surface area contributed by atoms with E-state index >= 15 is 8.78 Å². The summed E-state index contributed by atoms with van der Waals surface area (Å²) in [4.78, 5) is 15.9. The lowest BCUT2D eigenvalue weighted by Crippen LogP contribution is -2.47. The molecule has 0 bridgehead atoms. The Kier molecular flexibility index (Phi) is 26.6. The van der Waals surface area contributed by atoms with E-state index in [0.717, 1.165) is 71.1 Å². The molecule has 0 radical (unpaired) electrons. The van der Waals surface area contributed by atoms with Crippen molar-refractivity contribution in [2.45, 2.75) is 63.0 Å². The smallest absolute Gasteiger partial charge is 0.273 e. The highest BCUT2D eigenvalue weighted by molar-refractivity contribution is 9.11. The summed E-state index contributed by atoms with van der Waals surface area (Å²) in [6.45, 7) is 4.19. The topological polar surface area (TPSA) is 270 Å². The first kappa shape index (κ1) is 93.8. The number of hydrogen-bond acceptors (Lipinski definition) is 20. The van der Waals surface area contributed by atoms with Crippen LogP contribution in [0.4, 0.5) is 31.5 Å². The molecule has 4 aliphatic heterocycles. The molecule has 0 fully saturated rings. The van der Waals surface area contributed by atoms with Gasteiger partial charge in [-0.15, -0.1) is 34.0 Å². The van der Waals surface area contributed by atoms with Crippen molar-refractivity contribution in [1.29, 1.82) is 0 Å². The van der Waals surface area contributed by atoms with E-state index in [2.05, 4.69) is 85.7 Å². The average Bonchev–Trinajstić information content (AvgIpc) is 1.70. The summed E-state index contributed by atoms with van der Waals surface area (Å²) in [5, 5.41) is 0.818. The molecule has 10 heterocycles. The van der Waals surface area contributed by atoms with Crippen LogP contribution < -0.4 is 46.5 Å². The van der Waals surface area contributed by atoms with Crippen LogP contribution in [-0.4, -0.2) is 86.2 Å². The zero-order valence-electron chi connectivity index (χ0n) is 69.9. The van der Waals surface area contributed by atoms with E-state index < -0.39 is 73.8 Å². The van der Waals surface area contributed by atoms with Crippen molar-refractivity contribution in [1.82, 2.24) is 8.54 Å². The lowest BCUT2D eigenvalue weighted by atomic mass is 9.86. The van der Waals surface area contributed by atoms with Gasteiger partial charge in [0, 0.05) is 46.3 Å². The lowest BCUT2D eigenvalue weighted by Gasteiger charge is -2.43. The predicted octanol–water partition coefficient (Wildman–Crippen LogP) is 24.3. The van der Waals surface area contributed by atoms with Gasteiger partial charge in [0.05, 0.1) is 137 Å². The molecule has 0 unspecified atom stereocenters. The molecule has 2 atom stereocenters. The van der Waals surface area contributed by atoms with E-state index in [0.29, 0.717) is 95.9 Å². The number of alkyl halides is 2. The Balaban J connectivity index is 0.000000120. The van der Waals surface area contributed by atoms with E-state index in [1.165, 1.54) is 103 Å². The Morgan fingerprint density at radius 2 is 0.756 bits per heavy atom. The van der Waals surface area contributed by atoms with Crippen LogP contribution >= 0.6 is 114 Å². The number of halogens is 7. The highest BCUT2D eigenvalue weighted by Crippen LogP contribution is 2.57. The maximum Gasteiger partial charge on any atom is 0.273 e. The number of rotatable bonds is 15. The molecule has 0 spiro atoms. The van der Waals surface area contributed by atoms with Crippen LogP contribution in [0.15, 0.2) is 327 Å². The van der Waals surface area contributed by atoms with Gasteiger partial charge in [0.1, 0.15) is 34.3 Å². The highest BCUT2D eigenvalue weighted by atomic mass is 79.9. The van der Waals surface area contributed by atoms with Crippen LogP contribution in [0.25, 0.3) is 64.5 Å². The number of ether oxygens (including phenoxy) is 5. The molecule has 4 aliphatic rings. The third-order valence-electron chi connectivity index (χ3n) is 22.0. The first-order chi connectivity index (χ1) is 62.5. The molecule has 23 nitrogen and oxygen atoms in total. The highest BCUT2D eigenvalue weighted by Gasteiger charge is 2.47. The number of fused-ring (bicyclic) bond motifs is 15.